The Kier molecular flexibility index (Phi) is 10.0. The molecule has 0 saturated carbocycles. The molecule has 1 fully saturated rings. The standard InChI is InChI=1S/C30H39N3O5/c1-5-6-17-24(27(35)28(36)31-21(2)23-15-11-8-12-16-23)32-29(37)38-26-19-30(3,4)20-33(26)25(34)18-22-13-9-7-10-14-22/h7-16,21,24,26H,5-6,17-20H2,1-4H3,(H,31,36)(H,32,37)/t21-,24+,26?/m1/s1. The van der Waals surface area contributed by atoms with Crippen LogP contribution in [0.25, 0.3) is 0 Å². The van der Waals surface area contributed by atoms with E-state index in [-0.39, 0.29) is 23.8 Å². The summed E-state index contributed by atoms with van der Waals surface area (Å²) in [6.07, 6.45) is 0.861. The average molecular weight is 522 g/mol. The first kappa shape index (κ1) is 28.9. The van der Waals surface area contributed by atoms with E-state index in [0.29, 0.717) is 25.8 Å². The number of carbonyl (C=O) groups is 4. The molecule has 1 saturated heterocycles. The molecule has 1 heterocycles. The maximum Gasteiger partial charge on any atom is 0.409 e. The van der Waals surface area contributed by atoms with Crippen molar-refractivity contribution < 1.29 is 23.9 Å². The van der Waals surface area contributed by atoms with Crippen molar-refractivity contribution in [2.24, 2.45) is 5.41 Å². The molecule has 8 nitrogen and oxygen atoms in total. The number of ether oxygens (including phenoxy) is 1. The Morgan fingerprint density at radius 3 is 2.26 bits per heavy atom. The number of carbonyl (C=O) groups excluding carboxylic acids is 4. The fraction of sp³-hybridized carbons (Fsp3) is 0.467. The van der Waals surface area contributed by atoms with E-state index in [9.17, 15) is 19.2 Å². The fourth-order valence-electron chi connectivity index (χ4n) is 4.66. The van der Waals surface area contributed by atoms with E-state index in [0.717, 1.165) is 17.5 Å². The molecule has 0 aliphatic carbocycles. The van der Waals surface area contributed by atoms with Crippen LogP contribution in [0, 0.1) is 5.41 Å². The van der Waals surface area contributed by atoms with Gasteiger partial charge in [0.15, 0.2) is 6.23 Å². The normalized spacial score (nSPS) is 17.8. The van der Waals surface area contributed by atoms with Gasteiger partial charge in [-0.3, -0.25) is 14.4 Å². The number of ketones is 1. The lowest BCUT2D eigenvalue weighted by Gasteiger charge is -2.26. The Balaban J connectivity index is 1.64. The van der Waals surface area contributed by atoms with Gasteiger partial charge in [0, 0.05) is 13.0 Å². The third-order valence-corrected chi connectivity index (χ3v) is 6.76. The van der Waals surface area contributed by atoms with Crippen LogP contribution in [-0.4, -0.2) is 47.4 Å². The molecule has 0 spiro atoms. The van der Waals surface area contributed by atoms with Gasteiger partial charge >= 0.3 is 6.09 Å². The van der Waals surface area contributed by atoms with Gasteiger partial charge in [-0.05, 0) is 29.9 Å². The van der Waals surface area contributed by atoms with E-state index in [1.165, 1.54) is 0 Å². The van der Waals surface area contributed by atoms with Crippen molar-refractivity contribution >= 4 is 23.7 Å². The molecular weight excluding hydrogens is 482 g/mol. The number of amides is 3. The van der Waals surface area contributed by atoms with Crippen LogP contribution in [0.1, 0.15) is 70.5 Å². The highest BCUT2D eigenvalue weighted by Gasteiger charge is 2.42. The van der Waals surface area contributed by atoms with Gasteiger partial charge in [-0.15, -0.1) is 0 Å². The van der Waals surface area contributed by atoms with Crippen molar-refractivity contribution in [3.05, 3.63) is 71.8 Å². The van der Waals surface area contributed by atoms with Crippen molar-refractivity contribution in [3.63, 3.8) is 0 Å². The average Bonchev–Trinajstić information content (AvgIpc) is 3.20. The van der Waals surface area contributed by atoms with Gasteiger partial charge in [-0.1, -0.05) is 94.3 Å². The molecule has 0 bridgehead atoms. The summed E-state index contributed by atoms with van der Waals surface area (Å²) in [4.78, 5) is 53.4. The molecule has 2 N–H and O–H groups in total. The van der Waals surface area contributed by atoms with E-state index in [1.807, 2.05) is 81.4 Å². The number of hydrogen-bond acceptors (Lipinski definition) is 5. The number of likely N-dealkylation sites (tertiary alicyclic amines) is 1. The lowest BCUT2D eigenvalue weighted by atomic mass is 9.93. The fourth-order valence-corrected chi connectivity index (χ4v) is 4.66. The van der Waals surface area contributed by atoms with E-state index >= 15 is 0 Å². The van der Waals surface area contributed by atoms with Crippen LogP contribution in [0.5, 0.6) is 0 Å². The molecule has 38 heavy (non-hydrogen) atoms. The first-order valence-corrected chi connectivity index (χ1v) is 13.3. The van der Waals surface area contributed by atoms with Gasteiger partial charge in [0.25, 0.3) is 5.91 Å². The zero-order chi connectivity index (χ0) is 27.7. The number of nitrogens with zero attached hydrogens (tertiary/aromatic N) is 1. The van der Waals surface area contributed by atoms with Gasteiger partial charge in [0.05, 0.1) is 12.5 Å². The second kappa shape index (κ2) is 13.2. The molecule has 3 atom stereocenters. The number of Topliss-reactive ketones (excluding diaryl/α,β-unsaturated/α-hetero) is 1. The van der Waals surface area contributed by atoms with Gasteiger partial charge < -0.3 is 20.3 Å². The maximum absolute atomic E-state index is 13.1. The summed E-state index contributed by atoms with van der Waals surface area (Å²) in [7, 11) is 0. The summed E-state index contributed by atoms with van der Waals surface area (Å²) in [6.45, 7) is 8.25. The highest BCUT2D eigenvalue weighted by atomic mass is 16.6. The van der Waals surface area contributed by atoms with Crippen molar-refractivity contribution in [3.8, 4) is 0 Å². The number of benzene rings is 2. The molecule has 1 unspecified atom stereocenters. The number of nitrogens with one attached hydrogen (secondary N) is 2. The summed E-state index contributed by atoms with van der Waals surface area (Å²) in [6, 6.07) is 17.4. The van der Waals surface area contributed by atoms with Crippen LogP contribution in [0.3, 0.4) is 0 Å². The highest BCUT2D eigenvalue weighted by molar-refractivity contribution is 6.38. The van der Waals surface area contributed by atoms with Crippen molar-refractivity contribution in [2.45, 2.75) is 78.1 Å². The third-order valence-electron chi connectivity index (χ3n) is 6.76. The zero-order valence-electron chi connectivity index (χ0n) is 22.7. The Labute approximate surface area is 225 Å². The number of alkyl carbamates (subject to hydrolysis) is 1. The molecule has 204 valence electrons. The molecule has 0 radical (unpaired) electrons. The molecule has 0 aromatic heterocycles. The lowest BCUT2D eigenvalue weighted by Crippen LogP contribution is -2.49. The Morgan fingerprint density at radius 2 is 1.63 bits per heavy atom. The molecule has 2 aromatic rings. The van der Waals surface area contributed by atoms with Crippen molar-refractivity contribution in [1.29, 1.82) is 0 Å². The topological polar surface area (TPSA) is 105 Å². The summed E-state index contributed by atoms with van der Waals surface area (Å²) >= 11 is 0. The van der Waals surface area contributed by atoms with E-state index < -0.39 is 30.1 Å². The number of unbranched alkanes of at least 4 members (excludes halogenated alkanes) is 1. The minimum atomic E-state index is -1.02. The summed E-state index contributed by atoms with van der Waals surface area (Å²) < 4.78 is 5.68. The molecule has 2 aromatic carbocycles. The van der Waals surface area contributed by atoms with Crippen molar-refractivity contribution in [1.82, 2.24) is 15.5 Å². The molecule has 3 amide bonds. The minimum Gasteiger partial charge on any atom is -0.425 e. The Morgan fingerprint density at radius 1 is 1.00 bits per heavy atom. The molecule has 8 heteroatoms. The van der Waals surface area contributed by atoms with Gasteiger partial charge in [-0.2, -0.15) is 0 Å². The van der Waals surface area contributed by atoms with Crippen LogP contribution in [0.4, 0.5) is 4.79 Å². The smallest absolute Gasteiger partial charge is 0.409 e. The maximum atomic E-state index is 13.1. The minimum absolute atomic E-state index is 0.132. The molecule has 1 aliphatic heterocycles. The first-order valence-electron chi connectivity index (χ1n) is 13.3. The highest BCUT2D eigenvalue weighted by Crippen LogP contribution is 2.35. The number of rotatable bonds is 11. The van der Waals surface area contributed by atoms with Crippen LogP contribution in [-0.2, 0) is 25.5 Å². The molecule has 1 aliphatic rings. The number of hydrogen-bond donors (Lipinski definition) is 2. The van der Waals surface area contributed by atoms with Crippen LogP contribution in [0.2, 0.25) is 0 Å². The second-order valence-electron chi connectivity index (χ2n) is 10.7. The summed E-state index contributed by atoms with van der Waals surface area (Å²) in [5.74, 6) is -1.61. The first-order chi connectivity index (χ1) is 18.1. The predicted molar refractivity (Wildman–Crippen MR) is 145 cm³/mol. The SMILES string of the molecule is CCCC[C@H](NC(=O)OC1CC(C)(C)CN1C(=O)Cc1ccccc1)C(=O)C(=O)N[C@H](C)c1ccccc1. The lowest BCUT2D eigenvalue weighted by molar-refractivity contribution is -0.140. The van der Waals surface area contributed by atoms with Crippen LogP contribution < -0.4 is 10.6 Å². The van der Waals surface area contributed by atoms with E-state index in [4.69, 9.17) is 4.74 Å². The quantitative estimate of drug-likeness (QED) is 0.422. The van der Waals surface area contributed by atoms with Gasteiger partial charge in [0.2, 0.25) is 11.7 Å². The second-order valence-corrected chi connectivity index (χ2v) is 10.7. The largest absolute Gasteiger partial charge is 0.425 e. The summed E-state index contributed by atoms with van der Waals surface area (Å²) in [5, 5.41) is 5.32. The van der Waals surface area contributed by atoms with Crippen molar-refractivity contribution in [2.75, 3.05) is 6.54 Å². The van der Waals surface area contributed by atoms with Gasteiger partial charge in [0.1, 0.15) is 6.04 Å². The molecular formula is C30H39N3O5. The molecule has 3 rings (SSSR count). The van der Waals surface area contributed by atoms with E-state index in [2.05, 4.69) is 10.6 Å². The van der Waals surface area contributed by atoms with Crippen LogP contribution in [0.15, 0.2) is 60.7 Å². The van der Waals surface area contributed by atoms with Crippen LogP contribution >= 0.6 is 0 Å². The monoisotopic (exact) mass is 521 g/mol. The predicted octanol–water partition coefficient (Wildman–Crippen LogP) is 4.55. The Bertz CT molecular complexity index is 1100. The Hall–Kier alpha value is -3.68. The summed E-state index contributed by atoms with van der Waals surface area (Å²) in [5.41, 5.74) is 1.52. The van der Waals surface area contributed by atoms with E-state index in [1.54, 1.807) is 11.8 Å². The third kappa shape index (κ3) is 8.16. The van der Waals surface area contributed by atoms with Gasteiger partial charge in [-0.25, -0.2) is 4.79 Å². The zero-order valence-corrected chi connectivity index (χ0v) is 22.7.